The van der Waals surface area contributed by atoms with E-state index in [1.165, 1.54) is 6.08 Å². The summed E-state index contributed by atoms with van der Waals surface area (Å²) in [5.74, 6) is -2.02. The minimum atomic E-state index is -1.22. The Morgan fingerprint density at radius 3 is 1.88 bits per heavy atom. The third-order valence-corrected chi connectivity index (χ3v) is 4.33. The van der Waals surface area contributed by atoms with Gasteiger partial charge in [0.15, 0.2) is 0 Å². The van der Waals surface area contributed by atoms with Crippen LogP contribution in [-0.2, 0) is 19.1 Å². The molecule has 0 spiro atoms. The summed E-state index contributed by atoms with van der Waals surface area (Å²) in [7, 11) is 0. The SMILES string of the molecule is CC(C)[C@H]1C(=O)N(C(=O)OC(C)(C)C)/C(=C\c2ccccc2)C(=O)N1C(=O)OC(C)(C)C. The van der Waals surface area contributed by atoms with E-state index < -0.39 is 47.2 Å². The van der Waals surface area contributed by atoms with E-state index in [4.69, 9.17) is 9.47 Å². The van der Waals surface area contributed by atoms with Gasteiger partial charge in [0.05, 0.1) is 0 Å². The Kier molecular flexibility index (Phi) is 7.17. The monoisotopic (exact) mass is 444 g/mol. The molecule has 1 saturated heterocycles. The quantitative estimate of drug-likeness (QED) is 0.619. The van der Waals surface area contributed by atoms with Crippen LogP contribution >= 0.6 is 0 Å². The normalized spacial score (nSPS) is 18.9. The number of carbonyl (C=O) groups is 4. The molecule has 0 aliphatic carbocycles. The number of rotatable bonds is 2. The highest BCUT2D eigenvalue weighted by Crippen LogP contribution is 2.30. The van der Waals surface area contributed by atoms with E-state index in [1.807, 2.05) is 0 Å². The van der Waals surface area contributed by atoms with Crippen LogP contribution in [0.15, 0.2) is 36.0 Å². The van der Waals surface area contributed by atoms with Crippen molar-refractivity contribution >= 4 is 30.1 Å². The molecule has 174 valence electrons. The van der Waals surface area contributed by atoms with E-state index in [9.17, 15) is 19.2 Å². The van der Waals surface area contributed by atoms with Gasteiger partial charge in [-0.1, -0.05) is 44.2 Å². The molecular weight excluding hydrogens is 412 g/mol. The maximum atomic E-state index is 13.6. The van der Waals surface area contributed by atoms with Crippen LogP contribution in [0.5, 0.6) is 0 Å². The van der Waals surface area contributed by atoms with Crippen molar-refractivity contribution in [2.45, 2.75) is 72.6 Å². The van der Waals surface area contributed by atoms with Gasteiger partial charge in [-0.15, -0.1) is 0 Å². The summed E-state index contributed by atoms with van der Waals surface area (Å²) in [6.45, 7) is 13.4. The molecule has 32 heavy (non-hydrogen) atoms. The number of imide groups is 2. The van der Waals surface area contributed by atoms with Crippen molar-refractivity contribution in [3.05, 3.63) is 41.6 Å². The third-order valence-electron chi connectivity index (χ3n) is 4.33. The molecule has 0 unspecified atom stereocenters. The van der Waals surface area contributed by atoms with Gasteiger partial charge in [0, 0.05) is 0 Å². The predicted molar refractivity (Wildman–Crippen MR) is 119 cm³/mol. The Hall–Kier alpha value is -3.16. The van der Waals surface area contributed by atoms with Crippen molar-refractivity contribution < 1.29 is 28.7 Å². The summed E-state index contributed by atoms with van der Waals surface area (Å²) in [5, 5.41) is 0. The Bertz CT molecular complexity index is 922. The van der Waals surface area contributed by atoms with Gasteiger partial charge in [-0.2, -0.15) is 0 Å². The zero-order valence-electron chi connectivity index (χ0n) is 20.0. The molecule has 8 heteroatoms. The Balaban J connectivity index is 2.65. The van der Waals surface area contributed by atoms with E-state index in [1.54, 1.807) is 85.7 Å². The molecule has 1 atom stereocenters. The van der Waals surface area contributed by atoms with Gasteiger partial charge in [0.2, 0.25) is 0 Å². The highest BCUT2D eigenvalue weighted by molar-refractivity contribution is 6.17. The molecule has 1 heterocycles. The molecule has 2 rings (SSSR count). The van der Waals surface area contributed by atoms with Crippen molar-refractivity contribution in [3.63, 3.8) is 0 Å². The first-order chi connectivity index (χ1) is 14.6. The molecule has 0 bridgehead atoms. The van der Waals surface area contributed by atoms with Crippen molar-refractivity contribution in [2.24, 2.45) is 5.92 Å². The molecular formula is C24H32N2O6. The molecule has 0 N–H and O–H groups in total. The van der Waals surface area contributed by atoms with Crippen molar-refractivity contribution in [1.29, 1.82) is 0 Å². The summed E-state index contributed by atoms with van der Waals surface area (Å²) in [5.41, 5.74) is -1.48. The van der Waals surface area contributed by atoms with Gasteiger partial charge in [0.1, 0.15) is 22.9 Å². The minimum Gasteiger partial charge on any atom is -0.443 e. The maximum Gasteiger partial charge on any atom is 0.421 e. The van der Waals surface area contributed by atoms with E-state index in [-0.39, 0.29) is 5.70 Å². The second-order valence-electron chi connectivity index (χ2n) is 9.94. The fraction of sp³-hybridized carbons (Fsp3) is 0.500. The van der Waals surface area contributed by atoms with Crippen molar-refractivity contribution in [3.8, 4) is 0 Å². The maximum absolute atomic E-state index is 13.6. The van der Waals surface area contributed by atoms with Crippen molar-refractivity contribution in [2.75, 3.05) is 0 Å². The van der Waals surface area contributed by atoms with Crippen LogP contribution in [-0.4, -0.2) is 51.0 Å². The van der Waals surface area contributed by atoms with E-state index in [2.05, 4.69) is 0 Å². The smallest absolute Gasteiger partial charge is 0.421 e. The number of piperazine rings is 1. The molecule has 0 radical (unpaired) electrons. The lowest BCUT2D eigenvalue weighted by atomic mass is 9.97. The number of benzene rings is 1. The summed E-state index contributed by atoms with van der Waals surface area (Å²) in [6, 6.07) is 7.50. The number of hydrogen-bond donors (Lipinski definition) is 0. The van der Waals surface area contributed by atoms with Crippen LogP contribution < -0.4 is 0 Å². The Morgan fingerprint density at radius 1 is 0.906 bits per heavy atom. The standard InChI is InChI=1S/C24H32N2O6/c1-15(2)18-20(28)25(21(29)31-23(3,4)5)17(14-16-12-10-9-11-13-16)19(27)26(18)22(30)32-24(6,7)8/h9-15,18H,1-8H3/b17-14-/t18-/m0/s1. The van der Waals surface area contributed by atoms with Crippen LogP contribution in [0.1, 0.15) is 61.0 Å². The lowest BCUT2D eigenvalue weighted by Gasteiger charge is -2.41. The second kappa shape index (κ2) is 9.14. The Labute approximate surface area is 189 Å². The first-order valence-electron chi connectivity index (χ1n) is 10.5. The van der Waals surface area contributed by atoms with Gasteiger partial charge >= 0.3 is 12.2 Å². The van der Waals surface area contributed by atoms with Crippen LogP contribution in [0.25, 0.3) is 6.08 Å². The molecule has 1 aliphatic heterocycles. The molecule has 4 amide bonds. The highest BCUT2D eigenvalue weighted by atomic mass is 16.6. The van der Waals surface area contributed by atoms with Crippen molar-refractivity contribution in [1.82, 2.24) is 9.80 Å². The van der Waals surface area contributed by atoms with Gasteiger partial charge < -0.3 is 9.47 Å². The minimum absolute atomic E-state index is 0.279. The van der Waals surface area contributed by atoms with Crippen LogP contribution in [0, 0.1) is 5.92 Å². The topological polar surface area (TPSA) is 93.2 Å². The molecule has 1 fully saturated rings. The van der Waals surface area contributed by atoms with Crippen LogP contribution in [0.4, 0.5) is 9.59 Å². The van der Waals surface area contributed by atoms with Gasteiger partial charge in [-0.3, -0.25) is 9.59 Å². The molecule has 0 saturated carbocycles. The molecule has 0 aromatic heterocycles. The average molecular weight is 445 g/mol. The lowest BCUT2D eigenvalue weighted by Crippen LogP contribution is -2.64. The summed E-state index contributed by atoms with van der Waals surface area (Å²) < 4.78 is 10.8. The van der Waals surface area contributed by atoms with Crippen LogP contribution in [0.3, 0.4) is 0 Å². The fourth-order valence-electron chi connectivity index (χ4n) is 3.13. The third kappa shape index (κ3) is 5.96. The Morgan fingerprint density at radius 2 is 1.41 bits per heavy atom. The number of nitrogens with zero attached hydrogens (tertiary/aromatic N) is 2. The zero-order chi connectivity index (χ0) is 24.4. The number of amides is 4. The number of carbonyl (C=O) groups excluding carboxylic acids is 4. The van der Waals surface area contributed by atoms with Gasteiger partial charge in [0.25, 0.3) is 11.8 Å². The second-order valence-corrected chi connectivity index (χ2v) is 9.94. The van der Waals surface area contributed by atoms with Gasteiger partial charge in [-0.25, -0.2) is 19.4 Å². The first-order valence-corrected chi connectivity index (χ1v) is 10.5. The van der Waals surface area contributed by atoms with E-state index in [0.29, 0.717) is 5.56 Å². The summed E-state index contributed by atoms with van der Waals surface area (Å²) in [4.78, 5) is 54.5. The van der Waals surface area contributed by atoms with E-state index in [0.717, 1.165) is 9.80 Å². The largest absolute Gasteiger partial charge is 0.443 e. The predicted octanol–water partition coefficient (Wildman–Crippen LogP) is 4.59. The summed E-state index contributed by atoms with van der Waals surface area (Å²) in [6.07, 6.45) is -0.539. The zero-order valence-corrected chi connectivity index (χ0v) is 20.0. The summed E-state index contributed by atoms with van der Waals surface area (Å²) >= 11 is 0. The molecule has 1 aromatic rings. The molecule has 8 nitrogen and oxygen atoms in total. The number of hydrogen-bond acceptors (Lipinski definition) is 6. The fourth-order valence-corrected chi connectivity index (χ4v) is 3.13. The average Bonchev–Trinajstić information content (AvgIpc) is 2.61. The molecule has 1 aliphatic rings. The van der Waals surface area contributed by atoms with E-state index >= 15 is 0 Å². The molecule has 1 aromatic carbocycles. The van der Waals surface area contributed by atoms with Gasteiger partial charge in [-0.05, 0) is 59.1 Å². The highest BCUT2D eigenvalue weighted by Gasteiger charge is 2.51. The lowest BCUT2D eigenvalue weighted by molar-refractivity contribution is -0.151. The number of ether oxygens (including phenoxy) is 2. The van der Waals surface area contributed by atoms with Crippen LogP contribution in [0.2, 0.25) is 0 Å². The first kappa shape index (κ1) is 25.1.